The van der Waals surface area contributed by atoms with Gasteiger partial charge in [-0.3, -0.25) is 0 Å². The van der Waals surface area contributed by atoms with E-state index in [9.17, 15) is 4.79 Å². The van der Waals surface area contributed by atoms with Gasteiger partial charge in [0.05, 0.1) is 0 Å². The number of likely N-dealkylation sites (tertiary alicyclic amines) is 1. The van der Waals surface area contributed by atoms with Gasteiger partial charge in [-0.25, -0.2) is 4.79 Å². The van der Waals surface area contributed by atoms with Crippen molar-refractivity contribution in [3.63, 3.8) is 0 Å². The normalized spacial score (nSPS) is 18.5. The maximum Gasteiger partial charge on any atom is 0.410 e. The van der Waals surface area contributed by atoms with Crippen molar-refractivity contribution in [2.75, 3.05) is 18.8 Å². The second-order valence-electron chi connectivity index (χ2n) is 9.14. The maximum absolute atomic E-state index is 12.2. The number of benzene rings is 1. The van der Waals surface area contributed by atoms with Crippen LogP contribution in [0.2, 0.25) is 25.7 Å². The van der Waals surface area contributed by atoms with Crippen molar-refractivity contribution >= 4 is 25.9 Å². The summed E-state index contributed by atoms with van der Waals surface area (Å²) in [7, 11) is -0.949. The molecule has 0 N–H and O–H groups in total. The Bertz CT molecular complexity index is 575. The number of amides is 1. The maximum atomic E-state index is 12.2. The Morgan fingerprint density at radius 3 is 2.44 bits per heavy atom. The molecule has 1 amide bonds. The zero-order chi connectivity index (χ0) is 18.7. The molecule has 0 aliphatic carbocycles. The van der Waals surface area contributed by atoms with Crippen LogP contribution in [-0.4, -0.2) is 43.5 Å². The number of hydrogen-bond acceptors (Lipinski definition) is 3. The molecule has 1 aliphatic rings. The van der Waals surface area contributed by atoms with Crippen molar-refractivity contribution in [1.29, 1.82) is 0 Å². The average Bonchev–Trinajstić information content (AvgIpc) is 2.95. The Hall–Kier alpha value is -0.943. The molecular weight excluding hydrogens is 346 g/mol. The van der Waals surface area contributed by atoms with E-state index in [2.05, 4.69) is 43.9 Å². The minimum Gasteiger partial charge on any atom is -0.444 e. The van der Waals surface area contributed by atoms with Crippen LogP contribution in [0.1, 0.15) is 38.7 Å². The topological polar surface area (TPSA) is 29.5 Å². The minimum atomic E-state index is -0.949. The molecular formula is C20H33NO2SSi. The van der Waals surface area contributed by atoms with Gasteiger partial charge in [-0.2, -0.15) is 0 Å². The third-order valence-corrected chi connectivity index (χ3v) is 7.44. The number of nitrogens with zero attached hydrogens (tertiary/aromatic N) is 1. The lowest BCUT2D eigenvalue weighted by atomic mass is 9.99. The van der Waals surface area contributed by atoms with Crippen molar-refractivity contribution in [2.45, 2.75) is 69.3 Å². The standard InChI is InChI=1S/C20H33NO2SSi/c1-20(2,3)23-19(22)21-12-11-17(15-21)16-7-9-18(10-8-16)24-13-14-25(4,5)6/h7-10,17H,11-15H2,1-6H3/t17-/m1/s1. The highest BCUT2D eigenvalue weighted by molar-refractivity contribution is 7.99. The van der Waals surface area contributed by atoms with E-state index in [1.807, 2.05) is 37.4 Å². The van der Waals surface area contributed by atoms with Gasteiger partial charge in [0.25, 0.3) is 0 Å². The first-order valence-corrected chi connectivity index (χ1v) is 13.9. The molecule has 0 unspecified atom stereocenters. The van der Waals surface area contributed by atoms with Crippen LogP contribution in [0.15, 0.2) is 29.2 Å². The largest absolute Gasteiger partial charge is 0.444 e. The summed E-state index contributed by atoms with van der Waals surface area (Å²) in [6.45, 7) is 14.6. The van der Waals surface area contributed by atoms with Gasteiger partial charge in [0.1, 0.15) is 5.60 Å². The van der Waals surface area contributed by atoms with E-state index in [1.165, 1.54) is 22.3 Å². The Kier molecular flexibility index (Phi) is 6.66. The molecule has 1 fully saturated rings. The first-order chi connectivity index (χ1) is 11.5. The van der Waals surface area contributed by atoms with Crippen molar-refractivity contribution in [3.05, 3.63) is 29.8 Å². The zero-order valence-electron chi connectivity index (χ0n) is 16.6. The lowest BCUT2D eigenvalue weighted by Gasteiger charge is -2.24. The molecule has 0 saturated carbocycles. The fraction of sp³-hybridized carbons (Fsp3) is 0.650. The number of carbonyl (C=O) groups is 1. The van der Waals surface area contributed by atoms with Gasteiger partial charge in [-0.05, 0) is 56.7 Å². The number of thioether (sulfide) groups is 1. The highest BCUT2D eigenvalue weighted by Gasteiger charge is 2.30. The van der Waals surface area contributed by atoms with Gasteiger partial charge in [0.2, 0.25) is 0 Å². The molecule has 2 rings (SSSR count). The predicted octanol–water partition coefficient (Wildman–Crippen LogP) is 5.84. The van der Waals surface area contributed by atoms with Crippen molar-refractivity contribution in [2.24, 2.45) is 0 Å². The molecule has 1 atom stereocenters. The summed E-state index contributed by atoms with van der Waals surface area (Å²) in [6.07, 6.45) is 0.829. The van der Waals surface area contributed by atoms with Crippen molar-refractivity contribution < 1.29 is 9.53 Å². The van der Waals surface area contributed by atoms with Gasteiger partial charge in [-0.15, -0.1) is 11.8 Å². The summed E-state index contributed by atoms with van der Waals surface area (Å²) >= 11 is 1.96. The van der Waals surface area contributed by atoms with Gasteiger partial charge in [-0.1, -0.05) is 31.8 Å². The van der Waals surface area contributed by atoms with E-state index in [1.54, 1.807) is 0 Å². The highest BCUT2D eigenvalue weighted by atomic mass is 32.2. The number of rotatable bonds is 5. The quantitative estimate of drug-likeness (QED) is 0.475. The molecule has 1 aromatic rings. The number of carbonyl (C=O) groups excluding carboxylic acids is 1. The SMILES string of the molecule is CC(C)(C)OC(=O)N1CC[C@@H](c2ccc(SCC[Si](C)(C)C)cc2)C1. The van der Waals surface area contributed by atoms with Crippen LogP contribution in [0.25, 0.3) is 0 Å². The molecule has 25 heavy (non-hydrogen) atoms. The minimum absolute atomic E-state index is 0.187. The van der Waals surface area contributed by atoms with Crippen LogP contribution in [0, 0.1) is 0 Å². The van der Waals surface area contributed by atoms with E-state index in [4.69, 9.17) is 4.74 Å². The monoisotopic (exact) mass is 379 g/mol. The zero-order valence-corrected chi connectivity index (χ0v) is 18.4. The van der Waals surface area contributed by atoms with Gasteiger partial charge >= 0.3 is 6.09 Å². The summed E-state index contributed by atoms with van der Waals surface area (Å²) in [5, 5.41) is 0. The highest BCUT2D eigenvalue weighted by Crippen LogP contribution is 2.30. The molecule has 1 saturated heterocycles. The fourth-order valence-corrected chi connectivity index (χ4v) is 6.26. The van der Waals surface area contributed by atoms with E-state index in [0.29, 0.717) is 5.92 Å². The third kappa shape index (κ3) is 7.06. The van der Waals surface area contributed by atoms with E-state index < -0.39 is 13.7 Å². The number of ether oxygens (including phenoxy) is 1. The lowest BCUT2D eigenvalue weighted by Crippen LogP contribution is -2.35. The number of hydrogen-bond donors (Lipinski definition) is 0. The second-order valence-corrected chi connectivity index (χ2v) is 15.9. The lowest BCUT2D eigenvalue weighted by molar-refractivity contribution is 0.0292. The summed E-state index contributed by atoms with van der Waals surface area (Å²) in [5.41, 5.74) is 0.907. The van der Waals surface area contributed by atoms with Crippen LogP contribution in [0.4, 0.5) is 4.79 Å². The first kappa shape index (κ1) is 20.4. The van der Waals surface area contributed by atoms with Crippen LogP contribution in [0.5, 0.6) is 0 Å². The first-order valence-electron chi connectivity index (χ1n) is 9.24. The van der Waals surface area contributed by atoms with Crippen LogP contribution in [0.3, 0.4) is 0 Å². The molecule has 0 spiro atoms. The molecule has 5 heteroatoms. The van der Waals surface area contributed by atoms with E-state index in [-0.39, 0.29) is 6.09 Å². The summed E-state index contributed by atoms with van der Waals surface area (Å²) < 4.78 is 5.48. The van der Waals surface area contributed by atoms with Crippen molar-refractivity contribution in [3.8, 4) is 0 Å². The van der Waals surface area contributed by atoms with E-state index in [0.717, 1.165) is 19.5 Å². The molecule has 140 valence electrons. The smallest absolute Gasteiger partial charge is 0.410 e. The molecule has 0 radical (unpaired) electrons. The Morgan fingerprint density at radius 1 is 1.24 bits per heavy atom. The van der Waals surface area contributed by atoms with Crippen LogP contribution in [-0.2, 0) is 4.74 Å². The predicted molar refractivity (Wildman–Crippen MR) is 110 cm³/mol. The Morgan fingerprint density at radius 2 is 1.88 bits per heavy atom. The second kappa shape index (κ2) is 8.17. The van der Waals surface area contributed by atoms with Crippen molar-refractivity contribution in [1.82, 2.24) is 4.90 Å². The summed E-state index contributed by atoms with van der Waals surface area (Å²) in [6, 6.07) is 10.3. The van der Waals surface area contributed by atoms with Gasteiger partial charge < -0.3 is 9.64 Å². The summed E-state index contributed by atoms with van der Waals surface area (Å²) in [4.78, 5) is 15.4. The Balaban J connectivity index is 1.85. The molecule has 1 heterocycles. The average molecular weight is 380 g/mol. The molecule has 3 nitrogen and oxygen atoms in total. The Labute approximate surface area is 158 Å². The van der Waals surface area contributed by atoms with Gasteiger partial charge in [0, 0.05) is 32.0 Å². The molecule has 1 aliphatic heterocycles. The summed E-state index contributed by atoms with van der Waals surface area (Å²) in [5.74, 6) is 1.64. The molecule has 1 aromatic carbocycles. The fourth-order valence-electron chi connectivity index (χ4n) is 2.84. The van der Waals surface area contributed by atoms with Crippen LogP contribution < -0.4 is 0 Å². The van der Waals surface area contributed by atoms with Crippen LogP contribution >= 0.6 is 11.8 Å². The molecule has 0 aromatic heterocycles. The van der Waals surface area contributed by atoms with E-state index >= 15 is 0 Å². The third-order valence-electron chi connectivity index (χ3n) is 4.31. The molecule has 0 bridgehead atoms. The van der Waals surface area contributed by atoms with Gasteiger partial charge in [0.15, 0.2) is 0 Å².